The van der Waals surface area contributed by atoms with E-state index in [2.05, 4.69) is 10.5 Å². The molecule has 7 heteroatoms. The minimum absolute atomic E-state index is 0.0868. The summed E-state index contributed by atoms with van der Waals surface area (Å²) in [6.45, 7) is 1.59. The van der Waals surface area contributed by atoms with Gasteiger partial charge in [0.25, 0.3) is 5.91 Å². The number of methoxy groups -OCH3 is 1. The molecule has 1 atom stereocenters. The van der Waals surface area contributed by atoms with Crippen molar-refractivity contribution in [2.24, 2.45) is 10.9 Å². The second kappa shape index (κ2) is 6.11. The fourth-order valence-corrected chi connectivity index (χ4v) is 1.45. The number of ether oxygens (including phenoxy) is 1. The van der Waals surface area contributed by atoms with Gasteiger partial charge in [-0.1, -0.05) is 16.8 Å². The van der Waals surface area contributed by atoms with Gasteiger partial charge in [0.2, 0.25) is 0 Å². The third-order valence-corrected chi connectivity index (χ3v) is 2.55. The highest BCUT2D eigenvalue weighted by atomic mass is 35.5. The van der Waals surface area contributed by atoms with Gasteiger partial charge in [0, 0.05) is 5.02 Å². The molecule has 0 radical (unpaired) electrons. The van der Waals surface area contributed by atoms with Crippen LogP contribution in [0.2, 0.25) is 5.02 Å². The number of benzene rings is 1. The van der Waals surface area contributed by atoms with Gasteiger partial charge in [0.05, 0.1) is 18.7 Å². The van der Waals surface area contributed by atoms with Crippen LogP contribution >= 0.6 is 11.6 Å². The molecule has 0 aliphatic heterocycles. The van der Waals surface area contributed by atoms with Crippen molar-refractivity contribution in [3.63, 3.8) is 0 Å². The van der Waals surface area contributed by atoms with E-state index < -0.39 is 11.9 Å². The van der Waals surface area contributed by atoms with E-state index in [1.807, 2.05) is 0 Å². The summed E-state index contributed by atoms with van der Waals surface area (Å²) < 4.78 is 5.06. The van der Waals surface area contributed by atoms with Gasteiger partial charge in [0.1, 0.15) is 5.75 Å². The summed E-state index contributed by atoms with van der Waals surface area (Å²) in [6.07, 6.45) is 0. The van der Waals surface area contributed by atoms with E-state index in [0.29, 0.717) is 16.3 Å². The van der Waals surface area contributed by atoms with E-state index in [9.17, 15) is 4.79 Å². The van der Waals surface area contributed by atoms with Crippen LogP contribution in [0.4, 0.5) is 0 Å². The Hall–Kier alpha value is -1.95. The van der Waals surface area contributed by atoms with Crippen LogP contribution in [0.1, 0.15) is 17.3 Å². The molecule has 0 spiro atoms. The molecule has 0 fully saturated rings. The minimum atomic E-state index is -0.595. The molecule has 6 nitrogen and oxygen atoms in total. The maximum absolute atomic E-state index is 11.9. The maximum atomic E-state index is 11.9. The molecule has 0 aromatic heterocycles. The number of nitrogens with one attached hydrogen (secondary N) is 1. The number of carbonyl (C=O) groups excluding carboxylic acids is 1. The van der Waals surface area contributed by atoms with Crippen LogP contribution in [0.15, 0.2) is 23.4 Å². The number of amides is 1. The number of nitrogens with two attached hydrogens (primary N) is 1. The number of hydrogen-bond acceptors (Lipinski definition) is 4. The van der Waals surface area contributed by atoms with Crippen molar-refractivity contribution in [2.75, 3.05) is 7.11 Å². The Morgan fingerprint density at radius 1 is 1.61 bits per heavy atom. The highest BCUT2D eigenvalue weighted by Crippen LogP contribution is 2.22. The maximum Gasteiger partial charge on any atom is 0.255 e. The summed E-state index contributed by atoms with van der Waals surface area (Å²) in [6, 6.07) is 4.05. The minimum Gasteiger partial charge on any atom is -0.496 e. The predicted molar refractivity (Wildman–Crippen MR) is 68.3 cm³/mol. The Labute approximate surface area is 109 Å². The lowest BCUT2D eigenvalue weighted by Crippen LogP contribution is -2.42. The van der Waals surface area contributed by atoms with Crippen LogP contribution in [0.3, 0.4) is 0 Å². The van der Waals surface area contributed by atoms with Crippen molar-refractivity contribution in [1.29, 1.82) is 0 Å². The molecule has 0 heterocycles. The van der Waals surface area contributed by atoms with E-state index in [1.165, 1.54) is 19.2 Å². The number of halogens is 1. The van der Waals surface area contributed by atoms with Gasteiger partial charge < -0.3 is 21.0 Å². The predicted octanol–water partition coefficient (Wildman–Crippen LogP) is 1.21. The number of hydrogen-bond donors (Lipinski definition) is 3. The standard InChI is InChI=1S/C11H14ClN3O3/c1-6(10(13)15-17)14-11(16)8-4-3-7(12)5-9(8)18-2/h3-6,17H,1-2H3,(H2,13,15)(H,14,16). The Morgan fingerprint density at radius 2 is 2.28 bits per heavy atom. The van der Waals surface area contributed by atoms with Crippen molar-refractivity contribution < 1.29 is 14.7 Å². The Morgan fingerprint density at radius 3 is 2.83 bits per heavy atom. The van der Waals surface area contributed by atoms with Gasteiger partial charge >= 0.3 is 0 Å². The average Bonchev–Trinajstić information content (AvgIpc) is 2.37. The zero-order valence-corrected chi connectivity index (χ0v) is 10.7. The zero-order valence-electron chi connectivity index (χ0n) is 9.98. The van der Waals surface area contributed by atoms with Gasteiger partial charge in [-0.25, -0.2) is 0 Å². The molecule has 0 aliphatic carbocycles. The summed E-state index contributed by atoms with van der Waals surface area (Å²) in [7, 11) is 1.44. The first-order valence-electron chi connectivity index (χ1n) is 5.11. The van der Waals surface area contributed by atoms with E-state index in [0.717, 1.165) is 0 Å². The summed E-state index contributed by atoms with van der Waals surface area (Å²) >= 11 is 5.80. The fourth-order valence-electron chi connectivity index (χ4n) is 1.29. The lowest BCUT2D eigenvalue weighted by molar-refractivity contribution is 0.0945. The molecule has 0 aliphatic rings. The number of oxime groups is 1. The van der Waals surface area contributed by atoms with Crippen LogP contribution in [0.5, 0.6) is 5.75 Å². The van der Waals surface area contributed by atoms with Crippen molar-refractivity contribution in [1.82, 2.24) is 5.32 Å². The molecular formula is C11H14ClN3O3. The molecular weight excluding hydrogens is 258 g/mol. The van der Waals surface area contributed by atoms with E-state index in [1.54, 1.807) is 13.0 Å². The van der Waals surface area contributed by atoms with Gasteiger partial charge in [-0.3, -0.25) is 4.79 Å². The molecule has 1 amide bonds. The second-order valence-corrected chi connectivity index (χ2v) is 4.00. The monoisotopic (exact) mass is 271 g/mol. The van der Waals surface area contributed by atoms with E-state index >= 15 is 0 Å². The van der Waals surface area contributed by atoms with Gasteiger partial charge in [-0.15, -0.1) is 0 Å². The van der Waals surface area contributed by atoms with E-state index in [-0.39, 0.29) is 5.84 Å². The number of amidine groups is 1. The first kappa shape index (κ1) is 14.1. The highest BCUT2D eigenvalue weighted by molar-refractivity contribution is 6.30. The van der Waals surface area contributed by atoms with Gasteiger partial charge in [0.15, 0.2) is 5.84 Å². The lowest BCUT2D eigenvalue weighted by atomic mass is 10.1. The smallest absolute Gasteiger partial charge is 0.255 e. The topological polar surface area (TPSA) is 96.9 Å². The van der Waals surface area contributed by atoms with Crippen molar-refractivity contribution in [2.45, 2.75) is 13.0 Å². The van der Waals surface area contributed by atoms with Crippen molar-refractivity contribution in [3.8, 4) is 5.75 Å². The van der Waals surface area contributed by atoms with Crippen molar-refractivity contribution >= 4 is 23.3 Å². The van der Waals surface area contributed by atoms with Crippen LogP contribution in [-0.4, -0.2) is 30.1 Å². The second-order valence-electron chi connectivity index (χ2n) is 3.56. The molecule has 18 heavy (non-hydrogen) atoms. The van der Waals surface area contributed by atoms with Gasteiger partial charge in [-0.05, 0) is 25.1 Å². The molecule has 4 N–H and O–H groups in total. The van der Waals surface area contributed by atoms with Crippen LogP contribution in [-0.2, 0) is 0 Å². The Balaban J connectivity index is 2.91. The quantitative estimate of drug-likeness (QED) is 0.332. The largest absolute Gasteiger partial charge is 0.496 e. The number of nitrogens with zero attached hydrogens (tertiary/aromatic N) is 1. The normalized spacial score (nSPS) is 12.9. The van der Waals surface area contributed by atoms with Crippen molar-refractivity contribution in [3.05, 3.63) is 28.8 Å². The van der Waals surface area contributed by atoms with Crippen LogP contribution in [0.25, 0.3) is 0 Å². The Bertz CT molecular complexity index is 477. The van der Waals surface area contributed by atoms with Gasteiger partial charge in [-0.2, -0.15) is 0 Å². The third kappa shape index (κ3) is 3.27. The summed E-state index contributed by atoms with van der Waals surface area (Å²) in [4.78, 5) is 11.9. The summed E-state index contributed by atoms with van der Waals surface area (Å²) in [5, 5.41) is 14.3. The molecule has 0 bridgehead atoms. The average molecular weight is 272 g/mol. The van der Waals surface area contributed by atoms with Crippen LogP contribution < -0.4 is 15.8 Å². The van der Waals surface area contributed by atoms with Crippen LogP contribution in [0, 0.1) is 0 Å². The molecule has 98 valence electrons. The molecule has 1 aromatic carbocycles. The lowest BCUT2D eigenvalue weighted by Gasteiger charge is -2.14. The molecule has 0 saturated heterocycles. The first-order valence-corrected chi connectivity index (χ1v) is 5.49. The molecule has 1 rings (SSSR count). The Kier molecular flexibility index (Phi) is 4.79. The zero-order chi connectivity index (χ0) is 13.7. The molecule has 0 saturated carbocycles. The summed E-state index contributed by atoms with van der Waals surface area (Å²) in [5.41, 5.74) is 5.69. The van der Waals surface area contributed by atoms with E-state index in [4.69, 9.17) is 27.3 Å². The fraction of sp³-hybridized carbons (Fsp3) is 0.273. The third-order valence-electron chi connectivity index (χ3n) is 2.31. The highest BCUT2D eigenvalue weighted by Gasteiger charge is 2.16. The SMILES string of the molecule is COc1cc(Cl)ccc1C(=O)NC(C)C(N)=NO. The number of rotatable bonds is 4. The summed E-state index contributed by atoms with van der Waals surface area (Å²) in [5.74, 6) is -0.134. The number of carbonyl (C=O) groups is 1. The molecule has 1 unspecified atom stereocenters. The first-order chi connectivity index (χ1) is 8.49. The molecule has 1 aromatic rings.